The lowest BCUT2D eigenvalue weighted by Gasteiger charge is -1.98. The molecule has 0 N–H and O–H groups in total. The van der Waals surface area contributed by atoms with Crippen LogP contribution in [0.25, 0.3) is 0 Å². The molecular formula is C4H7BO4. The second kappa shape index (κ2) is 5.15. The van der Waals surface area contributed by atoms with E-state index in [0.717, 1.165) is 0 Å². The molecule has 0 aliphatic heterocycles. The molecule has 0 saturated heterocycles. The fourth-order valence-electron chi connectivity index (χ4n) is 0.282. The van der Waals surface area contributed by atoms with E-state index in [1.165, 1.54) is 7.85 Å². The number of ether oxygens (including phenoxy) is 2. The SMILES string of the molecule is BC(=O)OCCOC=O. The van der Waals surface area contributed by atoms with E-state index in [2.05, 4.69) is 9.47 Å². The number of hydrogen-bond acceptors (Lipinski definition) is 4. The van der Waals surface area contributed by atoms with Crippen molar-refractivity contribution in [1.29, 1.82) is 0 Å². The van der Waals surface area contributed by atoms with Crippen molar-refractivity contribution in [2.75, 3.05) is 13.2 Å². The minimum absolute atomic E-state index is 0.128. The van der Waals surface area contributed by atoms with E-state index in [9.17, 15) is 9.59 Å². The molecule has 50 valence electrons. The van der Waals surface area contributed by atoms with Crippen molar-refractivity contribution in [3.8, 4) is 0 Å². The Morgan fingerprint density at radius 3 is 2.67 bits per heavy atom. The second-order valence-corrected chi connectivity index (χ2v) is 1.31. The van der Waals surface area contributed by atoms with Crippen LogP contribution in [-0.2, 0) is 14.3 Å². The molecule has 0 heterocycles. The second-order valence-electron chi connectivity index (χ2n) is 1.31. The molecule has 0 saturated carbocycles. The van der Waals surface area contributed by atoms with Crippen LogP contribution in [0.2, 0.25) is 0 Å². The Labute approximate surface area is 53.5 Å². The minimum Gasteiger partial charge on any atom is -0.471 e. The van der Waals surface area contributed by atoms with Gasteiger partial charge in [-0.2, -0.15) is 0 Å². The molecule has 0 aromatic heterocycles. The lowest BCUT2D eigenvalue weighted by Crippen LogP contribution is -2.07. The van der Waals surface area contributed by atoms with E-state index in [1.54, 1.807) is 0 Å². The van der Waals surface area contributed by atoms with Crippen LogP contribution in [0.3, 0.4) is 0 Å². The molecule has 0 unspecified atom stereocenters. The summed E-state index contributed by atoms with van der Waals surface area (Å²) in [6, 6.07) is 0. The monoisotopic (exact) mass is 130 g/mol. The normalized spacial score (nSPS) is 8.00. The first kappa shape index (κ1) is 8.00. The molecule has 0 bridgehead atoms. The smallest absolute Gasteiger partial charge is 0.293 e. The van der Waals surface area contributed by atoms with E-state index in [0.29, 0.717) is 6.47 Å². The molecule has 9 heavy (non-hydrogen) atoms. The molecule has 0 aliphatic carbocycles. The summed E-state index contributed by atoms with van der Waals surface area (Å²) in [4.78, 5) is 19.5. The van der Waals surface area contributed by atoms with Gasteiger partial charge in [-0.05, 0) is 0 Å². The maximum Gasteiger partial charge on any atom is 0.293 e. The summed E-state index contributed by atoms with van der Waals surface area (Å²) in [5.74, 6) is -0.371. The highest BCUT2D eigenvalue weighted by Gasteiger charge is 1.89. The lowest BCUT2D eigenvalue weighted by molar-refractivity contribution is -0.129. The number of carbonyl (C=O) groups is 2. The molecule has 0 atom stereocenters. The molecule has 0 aliphatic rings. The van der Waals surface area contributed by atoms with Crippen molar-refractivity contribution in [3.05, 3.63) is 0 Å². The summed E-state index contributed by atoms with van der Waals surface area (Å²) in [5, 5.41) is 0. The van der Waals surface area contributed by atoms with Gasteiger partial charge in [-0.15, -0.1) is 0 Å². The first-order chi connectivity index (χ1) is 4.27. The zero-order valence-corrected chi connectivity index (χ0v) is 5.12. The zero-order chi connectivity index (χ0) is 7.11. The number of hydrogen-bond donors (Lipinski definition) is 0. The van der Waals surface area contributed by atoms with Crippen molar-refractivity contribution < 1.29 is 19.1 Å². The quantitative estimate of drug-likeness (QED) is 0.276. The third kappa shape index (κ3) is 7.00. The van der Waals surface area contributed by atoms with Crippen molar-refractivity contribution >= 4 is 20.2 Å². The predicted molar refractivity (Wildman–Crippen MR) is 31.9 cm³/mol. The summed E-state index contributed by atoms with van der Waals surface area (Å²) < 4.78 is 8.65. The van der Waals surface area contributed by atoms with Gasteiger partial charge in [0.1, 0.15) is 13.2 Å². The van der Waals surface area contributed by atoms with Crippen LogP contribution >= 0.6 is 0 Å². The Kier molecular flexibility index (Phi) is 4.58. The van der Waals surface area contributed by atoms with Gasteiger partial charge in [-0.1, -0.05) is 0 Å². The average Bonchev–Trinajstić information content (AvgIpc) is 1.80. The van der Waals surface area contributed by atoms with Crippen LogP contribution in [0.1, 0.15) is 0 Å². The Morgan fingerprint density at radius 1 is 1.56 bits per heavy atom. The Hall–Kier alpha value is -0.995. The van der Waals surface area contributed by atoms with Gasteiger partial charge in [-0.25, -0.2) is 0 Å². The van der Waals surface area contributed by atoms with Gasteiger partial charge in [0.05, 0.1) is 0 Å². The van der Waals surface area contributed by atoms with E-state index in [4.69, 9.17) is 0 Å². The summed E-state index contributed by atoms with van der Waals surface area (Å²) in [7, 11) is 1.29. The van der Waals surface area contributed by atoms with Crippen LogP contribution in [0.4, 0.5) is 4.79 Å². The number of carbonyl (C=O) groups excluding carboxylic acids is 2. The molecule has 0 fully saturated rings. The van der Waals surface area contributed by atoms with Crippen molar-refractivity contribution in [1.82, 2.24) is 0 Å². The van der Waals surface area contributed by atoms with Gasteiger partial charge < -0.3 is 9.47 Å². The predicted octanol–water partition coefficient (Wildman–Crippen LogP) is -1.07. The third-order valence-corrected chi connectivity index (χ3v) is 0.575. The Morgan fingerprint density at radius 2 is 2.22 bits per heavy atom. The molecular weight excluding hydrogens is 123 g/mol. The Balaban J connectivity index is 2.91. The zero-order valence-electron chi connectivity index (χ0n) is 5.12. The lowest BCUT2D eigenvalue weighted by atomic mass is 10.2. The first-order valence-corrected chi connectivity index (χ1v) is 2.46. The fraction of sp³-hybridized carbons (Fsp3) is 0.500. The summed E-state index contributed by atoms with van der Waals surface area (Å²) in [6.07, 6.45) is 0. The fourth-order valence-corrected chi connectivity index (χ4v) is 0.282. The summed E-state index contributed by atoms with van der Waals surface area (Å²) in [6.45, 7) is 0.570. The third-order valence-electron chi connectivity index (χ3n) is 0.575. The highest BCUT2D eigenvalue weighted by Crippen LogP contribution is 1.75. The maximum atomic E-state index is 10.0. The van der Waals surface area contributed by atoms with Gasteiger partial charge in [0.2, 0.25) is 13.7 Å². The summed E-state index contributed by atoms with van der Waals surface area (Å²) in [5.41, 5.74) is 0. The van der Waals surface area contributed by atoms with E-state index < -0.39 is 0 Å². The standard InChI is InChI=1S/C4H7BO4/c5-4(7)9-2-1-8-3-6/h3H,1-2,5H2. The topological polar surface area (TPSA) is 52.6 Å². The molecule has 0 rings (SSSR count). The molecule has 0 aromatic rings. The van der Waals surface area contributed by atoms with Gasteiger partial charge in [0.15, 0.2) is 0 Å². The van der Waals surface area contributed by atoms with Crippen LogP contribution in [0.15, 0.2) is 0 Å². The van der Waals surface area contributed by atoms with Crippen molar-refractivity contribution in [2.45, 2.75) is 0 Å². The van der Waals surface area contributed by atoms with Crippen LogP contribution in [-0.4, -0.2) is 33.4 Å². The molecule has 0 spiro atoms. The summed E-state index contributed by atoms with van der Waals surface area (Å²) >= 11 is 0. The molecule has 0 amide bonds. The van der Waals surface area contributed by atoms with Crippen molar-refractivity contribution in [3.63, 3.8) is 0 Å². The minimum atomic E-state index is -0.371. The maximum absolute atomic E-state index is 10.0. The van der Waals surface area contributed by atoms with Gasteiger partial charge in [-0.3, -0.25) is 9.59 Å². The van der Waals surface area contributed by atoms with Gasteiger partial charge in [0, 0.05) is 0 Å². The molecule has 0 radical (unpaired) electrons. The molecule has 0 aromatic carbocycles. The highest BCUT2D eigenvalue weighted by atomic mass is 16.6. The molecule has 4 nitrogen and oxygen atoms in total. The van der Waals surface area contributed by atoms with E-state index in [-0.39, 0.29) is 19.1 Å². The highest BCUT2D eigenvalue weighted by molar-refractivity contribution is 6.55. The Bertz CT molecular complexity index is 103. The van der Waals surface area contributed by atoms with Crippen LogP contribution in [0, 0.1) is 0 Å². The van der Waals surface area contributed by atoms with Crippen LogP contribution < -0.4 is 0 Å². The van der Waals surface area contributed by atoms with Crippen molar-refractivity contribution in [2.24, 2.45) is 0 Å². The van der Waals surface area contributed by atoms with Gasteiger partial charge >= 0.3 is 0 Å². The van der Waals surface area contributed by atoms with E-state index in [1.807, 2.05) is 0 Å². The average molecular weight is 130 g/mol. The van der Waals surface area contributed by atoms with Gasteiger partial charge in [0.25, 0.3) is 6.47 Å². The number of rotatable bonds is 4. The van der Waals surface area contributed by atoms with E-state index >= 15 is 0 Å². The largest absolute Gasteiger partial charge is 0.471 e. The van der Waals surface area contributed by atoms with Crippen LogP contribution in [0.5, 0.6) is 0 Å². The molecule has 5 heteroatoms. The first-order valence-electron chi connectivity index (χ1n) is 2.46.